The smallest absolute Gasteiger partial charge is 0.213 e. The lowest BCUT2D eigenvalue weighted by atomic mass is 10.4. The van der Waals surface area contributed by atoms with Crippen molar-refractivity contribution < 1.29 is 4.57 Å². The molecule has 18 heavy (non-hydrogen) atoms. The predicted octanol–water partition coefficient (Wildman–Crippen LogP) is 3.79. The first-order valence-corrected chi connectivity index (χ1v) is 13.6. The monoisotopic (exact) mass is 308 g/mol. The van der Waals surface area contributed by atoms with Crippen molar-refractivity contribution in [3.8, 4) is 0 Å². The van der Waals surface area contributed by atoms with Crippen LogP contribution < -0.4 is 0 Å². The zero-order valence-electron chi connectivity index (χ0n) is 12.8. The van der Waals surface area contributed by atoms with Gasteiger partial charge in [0.15, 0.2) is 0 Å². The van der Waals surface area contributed by atoms with Crippen LogP contribution in [-0.4, -0.2) is 54.5 Å². The van der Waals surface area contributed by atoms with Gasteiger partial charge in [0.05, 0.1) is 14.0 Å². The Morgan fingerprint density at radius 3 is 2.28 bits per heavy atom. The fourth-order valence-electron chi connectivity index (χ4n) is 2.15. The highest BCUT2D eigenvalue weighted by Crippen LogP contribution is 2.53. The molecule has 1 aliphatic rings. The highest BCUT2D eigenvalue weighted by molar-refractivity contribution is 8.00. The molecule has 1 rings (SSSR count). The highest BCUT2D eigenvalue weighted by atomic mass is 32.2. The Bertz CT molecular complexity index is 320. The number of hydrogen-bond acceptors (Lipinski definition) is 2. The van der Waals surface area contributed by atoms with Crippen LogP contribution >= 0.6 is 19.2 Å². The summed E-state index contributed by atoms with van der Waals surface area (Å²) in [6, 6.07) is 0. The van der Waals surface area contributed by atoms with Gasteiger partial charge in [0, 0.05) is 25.0 Å². The summed E-state index contributed by atoms with van der Waals surface area (Å²) in [6.07, 6.45) is 2.21. The van der Waals surface area contributed by atoms with E-state index in [1.165, 1.54) is 0 Å². The third-order valence-corrected chi connectivity index (χ3v) is 8.79. The number of hydrogen-bond donors (Lipinski definition) is 0. The Balaban J connectivity index is 2.69. The third-order valence-electron chi connectivity index (χ3n) is 3.10. The van der Waals surface area contributed by atoms with Gasteiger partial charge in [-0.25, -0.2) is 9.34 Å². The number of nitrogens with zero attached hydrogens (tertiary/aromatic N) is 2. The lowest BCUT2D eigenvalue weighted by molar-refractivity contribution is 0.320. The van der Waals surface area contributed by atoms with E-state index in [0.717, 1.165) is 31.6 Å². The molecule has 0 aromatic heterocycles. The van der Waals surface area contributed by atoms with Crippen LogP contribution in [0.4, 0.5) is 0 Å². The van der Waals surface area contributed by atoms with Crippen molar-refractivity contribution in [3.63, 3.8) is 0 Å². The minimum Gasteiger partial charge on any atom is -0.289 e. The molecule has 1 heterocycles. The molecule has 0 bridgehead atoms. The molecule has 0 aromatic carbocycles. The average Bonchev–Trinajstić information content (AvgIpc) is 2.17. The van der Waals surface area contributed by atoms with E-state index in [1.54, 1.807) is 0 Å². The molecule has 1 unspecified atom stereocenters. The Labute approximate surface area is 118 Å². The van der Waals surface area contributed by atoms with Crippen molar-refractivity contribution in [1.82, 2.24) is 9.34 Å². The van der Waals surface area contributed by atoms with Gasteiger partial charge >= 0.3 is 0 Å². The van der Waals surface area contributed by atoms with Crippen molar-refractivity contribution in [2.45, 2.75) is 45.2 Å². The Morgan fingerprint density at radius 1 is 1.22 bits per heavy atom. The van der Waals surface area contributed by atoms with Crippen molar-refractivity contribution >= 4 is 27.3 Å². The van der Waals surface area contributed by atoms with Crippen LogP contribution in [0, 0.1) is 0 Å². The summed E-state index contributed by atoms with van der Waals surface area (Å²) in [5.74, 6) is 0.910. The van der Waals surface area contributed by atoms with Gasteiger partial charge < -0.3 is 0 Å². The number of rotatable bonds is 5. The second-order valence-corrected chi connectivity index (χ2v) is 16.5. The van der Waals surface area contributed by atoms with E-state index in [0.29, 0.717) is 5.25 Å². The van der Waals surface area contributed by atoms with E-state index in [-0.39, 0.29) is 0 Å². The summed E-state index contributed by atoms with van der Waals surface area (Å²) in [5.41, 5.74) is 0. The Hall–Kier alpha value is 0.717. The molecule has 3 nitrogen and oxygen atoms in total. The van der Waals surface area contributed by atoms with Gasteiger partial charge in [0.2, 0.25) is 7.44 Å². The van der Waals surface area contributed by atoms with Gasteiger partial charge in [-0.15, -0.1) is 11.8 Å². The maximum atomic E-state index is 13.0. The molecular weight excluding hydrogens is 279 g/mol. The molecule has 0 radical (unpaired) electrons. The van der Waals surface area contributed by atoms with E-state index in [9.17, 15) is 4.57 Å². The fourth-order valence-corrected chi connectivity index (χ4v) is 8.77. The summed E-state index contributed by atoms with van der Waals surface area (Å²) in [6.45, 7) is 15.5. The van der Waals surface area contributed by atoms with Crippen LogP contribution in [0.1, 0.15) is 20.3 Å². The predicted molar refractivity (Wildman–Crippen MR) is 87.4 cm³/mol. The standard InChI is InChI=1S/C12H29N2OPSSi/c1-12(2)17-10-13-8-7-9-14(16(13,3)15)11-18(4,5)6/h12H,7-11H2,1-6H3. The van der Waals surface area contributed by atoms with Gasteiger partial charge in [0.25, 0.3) is 0 Å². The van der Waals surface area contributed by atoms with E-state index in [4.69, 9.17) is 0 Å². The second-order valence-electron chi connectivity index (χ2n) is 6.71. The summed E-state index contributed by atoms with van der Waals surface area (Å²) in [5, 5.41) is 0.609. The normalized spacial score (nSPS) is 27.9. The first-order valence-electron chi connectivity index (χ1n) is 6.83. The zero-order valence-corrected chi connectivity index (χ0v) is 15.5. The van der Waals surface area contributed by atoms with Crippen LogP contribution in [0.3, 0.4) is 0 Å². The summed E-state index contributed by atoms with van der Waals surface area (Å²) in [4.78, 5) is 0. The lowest BCUT2D eigenvalue weighted by Crippen LogP contribution is -2.45. The second kappa shape index (κ2) is 6.44. The highest BCUT2D eigenvalue weighted by Gasteiger charge is 2.37. The Morgan fingerprint density at radius 2 is 1.78 bits per heavy atom. The van der Waals surface area contributed by atoms with Gasteiger partial charge in [-0.05, 0) is 12.6 Å². The fraction of sp³-hybridized carbons (Fsp3) is 1.00. The molecule has 0 saturated carbocycles. The van der Waals surface area contributed by atoms with Gasteiger partial charge in [0.1, 0.15) is 0 Å². The molecular formula is C12H29N2OPSSi. The minimum absolute atomic E-state index is 0.609. The Kier molecular flexibility index (Phi) is 6.00. The van der Waals surface area contributed by atoms with E-state index < -0.39 is 15.5 Å². The molecule has 0 spiro atoms. The van der Waals surface area contributed by atoms with Crippen LogP contribution in [0.25, 0.3) is 0 Å². The van der Waals surface area contributed by atoms with Crippen LogP contribution in [0.5, 0.6) is 0 Å². The van der Waals surface area contributed by atoms with E-state index in [2.05, 4.69) is 42.8 Å². The van der Waals surface area contributed by atoms with Crippen LogP contribution in [0.2, 0.25) is 19.6 Å². The van der Waals surface area contributed by atoms with Crippen molar-refractivity contribution in [2.75, 3.05) is 31.8 Å². The topological polar surface area (TPSA) is 23.6 Å². The molecule has 1 saturated heterocycles. The maximum Gasteiger partial charge on any atom is 0.213 e. The first-order chi connectivity index (χ1) is 8.13. The molecule has 0 aromatic rings. The zero-order chi connectivity index (χ0) is 14.0. The number of thioether (sulfide) groups is 1. The quantitative estimate of drug-likeness (QED) is 0.569. The molecule has 0 N–H and O–H groups in total. The van der Waals surface area contributed by atoms with E-state index >= 15 is 0 Å². The molecule has 1 aliphatic heterocycles. The molecule has 108 valence electrons. The van der Waals surface area contributed by atoms with Crippen molar-refractivity contribution in [3.05, 3.63) is 0 Å². The first kappa shape index (κ1) is 16.8. The molecule has 1 atom stereocenters. The van der Waals surface area contributed by atoms with Gasteiger partial charge in [-0.3, -0.25) is 4.57 Å². The average molecular weight is 309 g/mol. The summed E-state index contributed by atoms with van der Waals surface area (Å²) >= 11 is 1.90. The summed E-state index contributed by atoms with van der Waals surface area (Å²) < 4.78 is 17.6. The SMILES string of the molecule is CC(C)SCN1CCCN(C[Si](C)(C)C)P1(C)=O. The van der Waals surface area contributed by atoms with Gasteiger partial charge in [-0.1, -0.05) is 33.5 Å². The largest absolute Gasteiger partial charge is 0.289 e. The maximum absolute atomic E-state index is 13.0. The molecule has 1 fully saturated rings. The molecule has 0 amide bonds. The van der Waals surface area contributed by atoms with Crippen LogP contribution in [-0.2, 0) is 4.57 Å². The molecule has 6 heteroatoms. The molecule has 0 aliphatic carbocycles. The van der Waals surface area contributed by atoms with Crippen LogP contribution in [0.15, 0.2) is 0 Å². The lowest BCUT2D eigenvalue weighted by Gasteiger charge is -2.43. The van der Waals surface area contributed by atoms with E-state index in [1.807, 2.05) is 18.4 Å². The van der Waals surface area contributed by atoms with Crippen molar-refractivity contribution in [2.24, 2.45) is 0 Å². The van der Waals surface area contributed by atoms with Crippen molar-refractivity contribution in [1.29, 1.82) is 0 Å². The third kappa shape index (κ3) is 5.01. The summed E-state index contributed by atoms with van der Waals surface area (Å²) in [7, 11) is -3.47. The minimum atomic E-state index is -2.28. The van der Waals surface area contributed by atoms with Gasteiger partial charge in [-0.2, -0.15) is 0 Å².